The van der Waals surface area contributed by atoms with Crippen LogP contribution in [-0.2, 0) is 11.3 Å². The van der Waals surface area contributed by atoms with E-state index in [0.717, 1.165) is 5.56 Å². The zero-order valence-corrected chi connectivity index (χ0v) is 14.8. The van der Waals surface area contributed by atoms with Crippen LogP contribution in [0.2, 0.25) is 0 Å². The highest BCUT2D eigenvalue weighted by molar-refractivity contribution is 5.83. The molecule has 0 aromatic heterocycles. The van der Waals surface area contributed by atoms with Crippen molar-refractivity contribution >= 4 is 11.6 Å². The van der Waals surface area contributed by atoms with Crippen LogP contribution in [-0.4, -0.2) is 18.1 Å². The maximum atomic E-state index is 13.8. The number of halogens is 1. The predicted molar refractivity (Wildman–Crippen MR) is 99.4 cm³/mol. The van der Waals surface area contributed by atoms with Crippen molar-refractivity contribution in [2.24, 2.45) is 0 Å². The number of anilines is 1. The highest BCUT2D eigenvalue weighted by Crippen LogP contribution is 2.16. The smallest absolute Gasteiger partial charge is 0.242 e. The van der Waals surface area contributed by atoms with E-state index in [1.54, 1.807) is 18.2 Å². The van der Waals surface area contributed by atoms with Gasteiger partial charge in [-0.25, -0.2) is 15.2 Å². The Morgan fingerprint density at radius 3 is 2.54 bits per heavy atom. The predicted octanol–water partition coefficient (Wildman–Crippen LogP) is 1.98. The third kappa shape index (κ3) is 4.37. The van der Waals surface area contributed by atoms with Gasteiger partial charge in [0.15, 0.2) is 0 Å². The van der Waals surface area contributed by atoms with Crippen LogP contribution in [0.5, 0.6) is 0 Å². The molecule has 1 aliphatic heterocycles. The number of carbonyl (C=O) groups excluding carboxylic acids is 1. The lowest BCUT2D eigenvalue weighted by molar-refractivity contribution is -0.123. The lowest BCUT2D eigenvalue weighted by Gasteiger charge is -2.20. The minimum Gasteiger partial charge on any atom is -0.365 e. The Morgan fingerprint density at radius 1 is 1.12 bits per heavy atom. The van der Waals surface area contributed by atoms with E-state index < -0.39 is 12.2 Å². The van der Waals surface area contributed by atoms with Crippen LogP contribution in [0, 0.1) is 5.82 Å². The van der Waals surface area contributed by atoms with E-state index in [1.807, 2.05) is 12.1 Å². The highest BCUT2D eigenvalue weighted by Gasteiger charge is 2.32. The molecule has 1 amide bonds. The van der Waals surface area contributed by atoms with Crippen LogP contribution in [0.1, 0.15) is 30.9 Å². The van der Waals surface area contributed by atoms with Crippen LogP contribution >= 0.6 is 0 Å². The number of benzene rings is 2. The molecule has 1 fully saturated rings. The molecule has 26 heavy (non-hydrogen) atoms. The minimum atomic E-state index is -0.593. The largest absolute Gasteiger partial charge is 0.365 e. The summed E-state index contributed by atoms with van der Waals surface area (Å²) in [5, 5.41) is 5.89. The minimum absolute atomic E-state index is 0.190. The van der Waals surface area contributed by atoms with Gasteiger partial charge in [-0.2, -0.15) is 5.53 Å². The molecule has 1 heterocycles. The van der Waals surface area contributed by atoms with Gasteiger partial charge in [-0.1, -0.05) is 50.2 Å². The van der Waals surface area contributed by atoms with Crippen molar-refractivity contribution in [3.05, 3.63) is 65.5 Å². The lowest BCUT2D eigenvalue weighted by Crippen LogP contribution is -2.50. The van der Waals surface area contributed by atoms with E-state index >= 15 is 0 Å². The Balaban J connectivity index is 1.57. The van der Waals surface area contributed by atoms with E-state index in [4.69, 9.17) is 0 Å². The second kappa shape index (κ2) is 8.27. The Bertz CT molecular complexity index is 750. The first-order chi connectivity index (χ1) is 12.5. The molecule has 2 aromatic carbocycles. The van der Waals surface area contributed by atoms with E-state index in [2.05, 4.69) is 53.0 Å². The van der Waals surface area contributed by atoms with Crippen molar-refractivity contribution in [1.82, 2.24) is 21.7 Å². The molecule has 0 spiro atoms. The summed E-state index contributed by atoms with van der Waals surface area (Å²) in [6, 6.07) is 13.9. The summed E-state index contributed by atoms with van der Waals surface area (Å²) in [5.74, 6) is -0.0847. The second-order valence-corrected chi connectivity index (χ2v) is 6.61. The first-order valence-electron chi connectivity index (χ1n) is 8.68. The van der Waals surface area contributed by atoms with Crippen molar-refractivity contribution in [1.29, 1.82) is 0 Å². The van der Waals surface area contributed by atoms with Crippen molar-refractivity contribution in [2.45, 2.75) is 38.5 Å². The van der Waals surface area contributed by atoms with Gasteiger partial charge in [0.25, 0.3) is 0 Å². The molecular formula is C19H24FN5O. The van der Waals surface area contributed by atoms with Gasteiger partial charge in [-0.15, -0.1) is 0 Å². The molecule has 0 radical (unpaired) electrons. The highest BCUT2D eigenvalue weighted by atomic mass is 19.1. The molecule has 0 saturated carbocycles. The zero-order chi connectivity index (χ0) is 18.5. The number of nitrogens with one attached hydrogen (secondary N) is 5. The molecule has 1 saturated heterocycles. The van der Waals surface area contributed by atoms with Crippen molar-refractivity contribution in [3.8, 4) is 0 Å². The number of hydrogen-bond acceptors (Lipinski definition) is 5. The molecule has 0 aliphatic carbocycles. The number of carbonyl (C=O) groups is 1. The fraction of sp³-hybridized carbons (Fsp3) is 0.316. The van der Waals surface area contributed by atoms with Gasteiger partial charge >= 0.3 is 0 Å². The van der Waals surface area contributed by atoms with Crippen LogP contribution in [0.4, 0.5) is 10.1 Å². The molecule has 5 N–H and O–H groups in total. The van der Waals surface area contributed by atoms with Crippen molar-refractivity contribution in [3.63, 3.8) is 0 Å². The quantitative estimate of drug-likeness (QED) is 0.547. The van der Waals surface area contributed by atoms with Gasteiger partial charge in [0, 0.05) is 6.54 Å². The standard InChI is InChI=1S/C19H24FN5O/c1-12(2)14-9-7-13(8-10-14)11-21-19(26)17-18(24-25-23-17)22-16-6-4-3-5-15(16)20/h3-10,12,17-18,22-25H,11H2,1-2H3,(H,21,26). The van der Waals surface area contributed by atoms with Crippen LogP contribution in [0.25, 0.3) is 0 Å². The van der Waals surface area contributed by atoms with Crippen LogP contribution < -0.4 is 27.0 Å². The summed E-state index contributed by atoms with van der Waals surface area (Å²) in [5.41, 5.74) is 11.1. The number of hydrazine groups is 2. The number of rotatable bonds is 6. The third-order valence-corrected chi connectivity index (χ3v) is 4.37. The number of para-hydroxylation sites is 1. The maximum Gasteiger partial charge on any atom is 0.242 e. The van der Waals surface area contributed by atoms with Crippen LogP contribution in [0.3, 0.4) is 0 Å². The molecule has 7 heteroatoms. The Kier molecular flexibility index (Phi) is 5.82. The fourth-order valence-corrected chi connectivity index (χ4v) is 2.77. The summed E-state index contributed by atoms with van der Waals surface area (Å²) in [6.07, 6.45) is -0.491. The van der Waals surface area contributed by atoms with E-state index in [-0.39, 0.29) is 11.7 Å². The van der Waals surface area contributed by atoms with Gasteiger partial charge < -0.3 is 10.6 Å². The Morgan fingerprint density at radius 2 is 1.85 bits per heavy atom. The lowest BCUT2D eigenvalue weighted by atomic mass is 10.0. The molecule has 2 atom stereocenters. The molecule has 0 bridgehead atoms. The maximum absolute atomic E-state index is 13.8. The number of amides is 1. The number of hydrogen-bond donors (Lipinski definition) is 5. The van der Waals surface area contributed by atoms with Gasteiger partial charge in [-0.05, 0) is 29.2 Å². The topological polar surface area (TPSA) is 77.2 Å². The van der Waals surface area contributed by atoms with E-state index in [9.17, 15) is 9.18 Å². The second-order valence-electron chi connectivity index (χ2n) is 6.61. The third-order valence-electron chi connectivity index (χ3n) is 4.37. The molecular weight excluding hydrogens is 333 g/mol. The first-order valence-corrected chi connectivity index (χ1v) is 8.68. The summed E-state index contributed by atoms with van der Waals surface area (Å²) in [6.45, 7) is 4.72. The first kappa shape index (κ1) is 18.3. The molecule has 1 aliphatic rings. The van der Waals surface area contributed by atoms with Crippen molar-refractivity contribution in [2.75, 3.05) is 5.32 Å². The monoisotopic (exact) mass is 357 g/mol. The fourth-order valence-electron chi connectivity index (χ4n) is 2.77. The normalized spacial score (nSPS) is 19.5. The Labute approximate surface area is 152 Å². The van der Waals surface area contributed by atoms with Gasteiger partial charge in [0.2, 0.25) is 5.91 Å². The van der Waals surface area contributed by atoms with Gasteiger partial charge in [0.05, 0.1) is 5.69 Å². The van der Waals surface area contributed by atoms with Gasteiger partial charge in [-0.3, -0.25) is 4.79 Å². The molecule has 2 aromatic rings. The van der Waals surface area contributed by atoms with E-state index in [1.165, 1.54) is 11.6 Å². The summed E-state index contributed by atoms with van der Waals surface area (Å²) >= 11 is 0. The summed E-state index contributed by atoms with van der Waals surface area (Å²) in [7, 11) is 0. The Hall–Kier alpha value is -2.48. The molecule has 6 nitrogen and oxygen atoms in total. The van der Waals surface area contributed by atoms with Gasteiger partial charge in [0.1, 0.15) is 18.0 Å². The average Bonchev–Trinajstić information content (AvgIpc) is 3.10. The van der Waals surface area contributed by atoms with E-state index in [0.29, 0.717) is 18.2 Å². The molecule has 2 unspecified atom stereocenters. The zero-order valence-electron chi connectivity index (χ0n) is 14.8. The summed E-state index contributed by atoms with van der Waals surface area (Å²) in [4.78, 5) is 12.5. The van der Waals surface area contributed by atoms with Crippen molar-refractivity contribution < 1.29 is 9.18 Å². The molecule has 3 rings (SSSR count). The average molecular weight is 357 g/mol. The SMILES string of the molecule is CC(C)c1ccc(CNC(=O)C2NNNC2Nc2ccccc2F)cc1. The molecule has 138 valence electrons. The van der Waals surface area contributed by atoms with Crippen LogP contribution in [0.15, 0.2) is 48.5 Å². The summed E-state index contributed by atoms with van der Waals surface area (Å²) < 4.78 is 13.8.